The van der Waals surface area contributed by atoms with Crippen LogP contribution in [0.5, 0.6) is 0 Å². The van der Waals surface area contributed by atoms with Gasteiger partial charge < -0.3 is 19.8 Å². The number of hydrogen-bond acceptors (Lipinski definition) is 4. The molecule has 2 rings (SSSR count). The Hall–Kier alpha value is -1.59. The topological polar surface area (TPSA) is 95.9 Å². The number of halogens is 1. The van der Waals surface area contributed by atoms with Gasteiger partial charge in [-0.15, -0.1) is 0 Å². The van der Waals surface area contributed by atoms with E-state index in [0.717, 1.165) is 35.7 Å². The molecule has 3 N–H and O–H groups in total. The zero-order valence-corrected chi connectivity index (χ0v) is 16.5. The second-order valence-electron chi connectivity index (χ2n) is 5.74. The van der Waals surface area contributed by atoms with Crippen LogP contribution in [0.2, 0.25) is 0 Å². The van der Waals surface area contributed by atoms with Gasteiger partial charge in [-0.3, -0.25) is 0 Å². The second-order valence-corrected chi connectivity index (χ2v) is 8.01. The first-order valence-corrected chi connectivity index (χ1v) is 10.9. The maximum absolute atomic E-state index is 12.0. The van der Waals surface area contributed by atoms with Crippen molar-refractivity contribution in [2.24, 2.45) is 0 Å². The molecule has 2 aromatic rings. The van der Waals surface area contributed by atoms with E-state index in [0.29, 0.717) is 6.61 Å². The van der Waals surface area contributed by atoms with E-state index >= 15 is 0 Å². The molecule has 8 heteroatoms. The van der Waals surface area contributed by atoms with Gasteiger partial charge in [0.15, 0.2) is 0 Å². The van der Waals surface area contributed by atoms with E-state index in [2.05, 4.69) is 41.7 Å². The van der Waals surface area contributed by atoms with Crippen molar-refractivity contribution < 1.29 is 23.9 Å². The Kier molecular flexibility index (Phi) is 9.66. The van der Waals surface area contributed by atoms with Crippen molar-refractivity contribution in [3.05, 3.63) is 42.5 Å². The monoisotopic (exact) mass is 401 g/mol. The summed E-state index contributed by atoms with van der Waals surface area (Å²) in [4.78, 5) is 26.8. The molecule has 0 saturated carbocycles. The lowest BCUT2D eigenvalue weighted by Crippen LogP contribution is -2.28. The van der Waals surface area contributed by atoms with Gasteiger partial charge in [-0.25, -0.2) is 9.36 Å². The van der Waals surface area contributed by atoms with Gasteiger partial charge in [-0.05, 0) is 24.8 Å². The van der Waals surface area contributed by atoms with E-state index in [4.69, 9.17) is 19.1 Å². The molecule has 0 bridgehead atoms. The minimum atomic E-state index is -4.17. The number of esters is 1. The van der Waals surface area contributed by atoms with Crippen LogP contribution in [0.15, 0.2) is 42.5 Å². The average molecular weight is 402 g/mol. The van der Waals surface area contributed by atoms with Crippen LogP contribution >= 0.6 is 18.2 Å². The van der Waals surface area contributed by atoms with Gasteiger partial charge >= 0.3 is 12.9 Å². The Morgan fingerprint density at radius 3 is 2.46 bits per heavy atom. The van der Waals surface area contributed by atoms with Crippen molar-refractivity contribution >= 4 is 40.6 Å². The molecule has 0 aliphatic rings. The molecule has 0 aliphatic carbocycles. The third kappa shape index (κ3) is 9.20. The van der Waals surface area contributed by atoms with E-state index in [1.54, 1.807) is 0 Å². The van der Waals surface area contributed by atoms with Crippen molar-refractivity contribution in [3.8, 4) is 0 Å². The highest BCUT2D eigenvalue weighted by Crippen LogP contribution is 2.39. The number of carbonyl (C=O) groups excluding carboxylic acids is 1. The predicted molar refractivity (Wildman–Crippen MR) is 105 cm³/mol. The normalized spacial score (nSPS) is 12.0. The Morgan fingerprint density at radius 2 is 1.81 bits per heavy atom. The Bertz CT molecular complexity index is 736. The molecule has 0 spiro atoms. The summed E-state index contributed by atoms with van der Waals surface area (Å²) in [6, 6.07) is 13.8. The molecular formula is C18H25ClNO5P. The van der Waals surface area contributed by atoms with Crippen LogP contribution in [0.3, 0.4) is 0 Å². The number of carbonyl (C=O) groups is 1. The highest BCUT2D eigenvalue weighted by molar-refractivity contribution is 7.79. The maximum Gasteiger partial charge on any atom is 0.419 e. The number of anilines is 1. The quantitative estimate of drug-likeness (QED) is 0.354. The lowest BCUT2D eigenvalue weighted by molar-refractivity contribution is -0.144. The number of nitrogens with one attached hydrogen (secondary N) is 1. The smallest absolute Gasteiger partial charge is 0.419 e. The Morgan fingerprint density at radius 1 is 1.19 bits per heavy atom. The van der Waals surface area contributed by atoms with Crippen LogP contribution in [-0.4, -0.2) is 28.4 Å². The van der Waals surface area contributed by atoms with Gasteiger partial charge in [0.1, 0.15) is 6.04 Å². The highest BCUT2D eigenvalue weighted by Gasteiger charge is 2.14. The molecule has 0 aliphatic heterocycles. The van der Waals surface area contributed by atoms with Crippen LogP contribution in [0.25, 0.3) is 10.8 Å². The summed E-state index contributed by atoms with van der Waals surface area (Å²) < 4.78 is 14.4. The number of benzene rings is 2. The first-order chi connectivity index (χ1) is 12.2. The molecule has 0 heterocycles. The number of ether oxygens (including phenoxy) is 1. The minimum Gasteiger partial charge on any atom is -0.464 e. The molecule has 0 saturated heterocycles. The van der Waals surface area contributed by atoms with E-state index in [1.807, 2.05) is 31.2 Å². The standard InChI is InChI=1S/C18H23NO2.ClH2O3P/c1-3-4-7-13-21-18(20)14(2)19-17-12-8-10-15-9-5-6-11-16(15)17;1-5(2,3)4/h5-6,8-12,14,19H,3-4,7,13H2,1-2H3;(H2,2,3,4)/t14-;/m0./s1. The number of hydrogen-bond donors (Lipinski definition) is 3. The molecule has 0 unspecified atom stereocenters. The summed E-state index contributed by atoms with van der Waals surface area (Å²) in [6.07, 6.45) is 3.16. The fraction of sp³-hybridized carbons (Fsp3) is 0.389. The SMILES string of the molecule is CCCCCOC(=O)[C@H](C)Nc1cccc2ccccc12.O=P(O)(O)Cl. The number of rotatable bonds is 7. The summed E-state index contributed by atoms with van der Waals surface area (Å²) in [7, 11) is 0. The second kappa shape index (κ2) is 11.2. The zero-order chi connectivity index (χ0) is 19.6. The van der Waals surface area contributed by atoms with Gasteiger partial charge in [0.2, 0.25) is 0 Å². The zero-order valence-electron chi connectivity index (χ0n) is 14.9. The number of unbranched alkanes of at least 4 members (excludes halogenated alkanes) is 2. The molecule has 0 amide bonds. The van der Waals surface area contributed by atoms with Gasteiger partial charge in [0, 0.05) is 22.3 Å². The third-order valence-corrected chi connectivity index (χ3v) is 3.51. The molecule has 144 valence electrons. The van der Waals surface area contributed by atoms with E-state index in [-0.39, 0.29) is 12.0 Å². The first kappa shape index (κ1) is 22.5. The first-order valence-electron chi connectivity index (χ1n) is 8.38. The third-order valence-electron chi connectivity index (χ3n) is 3.51. The van der Waals surface area contributed by atoms with Gasteiger partial charge in [-0.2, -0.15) is 0 Å². The van der Waals surface area contributed by atoms with Crippen molar-refractivity contribution in [1.29, 1.82) is 0 Å². The predicted octanol–water partition coefficient (Wildman–Crippen LogP) is 4.69. The summed E-state index contributed by atoms with van der Waals surface area (Å²) in [5.41, 5.74) is 0.964. The molecule has 26 heavy (non-hydrogen) atoms. The van der Waals surface area contributed by atoms with Gasteiger partial charge in [0.25, 0.3) is 0 Å². The van der Waals surface area contributed by atoms with Gasteiger partial charge in [0.05, 0.1) is 6.61 Å². The fourth-order valence-electron chi connectivity index (χ4n) is 2.29. The largest absolute Gasteiger partial charge is 0.464 e. The molecule has 0 aromatic heterocycles. The van der Waals surface area contributed by atoms with Gasteiger partial charge in [-0.1, -0.05) is 56.2 Å². The van der Waals surface area contributed by atoms with Crippen LogP contribution in [0, 0.1) is 0 Å². The van der Waals surface area contributed by atoms with Crippen molar-refractivity contribution in [2.45, 2.75) is 39.2 Å². The summed E-state index contributed by atoms with van der Waals surface area (Å²) >= 11 is 4.20. The molecule has 2 aromatic carbocycles. The lowest BCUT2D eigenvalue weighted by Gasteiger charge is -2.16. The molecular weight excluding hydrogens is 377 g/mol. The Labute approximate surface area is 158 Å². The number of fused-ring (bicyclic) bond motifs is 1. The molecule has 0 radical (unpaired) electrons. The molecule has 6 nitrogen and oxygen atoms in total. The molecule has 0 fully saturated rings. The van der Waals surface area contributed by atoms with Crippen LogP contribution in [0.1, 0.15) is 33.1 Å². The Balaban J connectivity index is 0.000000597. The van der Waals surface area contributed by atoms with Crippen molar-refractivity contribution in [1.82, 2.24) is 0 Å². The summed E-state index contributed by atoms with van der Waals surface area (Å²) in [5, 5.41) is 5.53. The van der Waals surface area contributed by atoms with Crippen LogP contribution in [0.4, 0.5) is 5.69 Å². The van der Waals surface area contributed by atoms with E-state index < -0.39 is 6.95 Å². The van der Waals surface area contributed by atoms with Crippen molar-refractivity contribution in [3.63, 3.8) is 0 Å². The highest BCUT2D eigenvalue weighted by atomic mass is 35.7. The van der Waals surface area contributed by atoms with Crippen LogP contribution in [-0.2, 0) is 14.1 Å². The molecule has 1 atom stereocenters. The van der Waals surface area contributed by atoms with E-state index in [1.165, 1.54) is 0 Å². The van der Waals surface area contributed by atoms with E-state index in [9.17, 15) is 4.79 Å². The summed E-state index contributed by atoms with van der Waals surface area (Å²) in [6.45, 7) is 0.310. The van der Waals surface area contributed by atoms with Crippen LogP contribution < -0.4 is 5.32 Å². The maximum atomic E-state index is 12.0. The lowest BCUT2D eigenvalue weighted by atomic mass is 10.1. The van der Waals surface area contributed by atoms with Crippen molar-refractivity contribution in [2.75, 3.05) is 11.9 Å². The summed E-state index contributed by atoms with van der Waals surface area (Å²) in [5.74, 6) is -0.195. The average Bonchev–Trinajstić information content (AvgIpc) is 2.57. The fourth-order valence-corrected chi connectivity index (χ4v) is 2.29. The minimum absolute atomic E-state index is 0.195.